The minimum atomic E-state index is 0.351. The predicted octanol–water partition coefficient (Wildman–Crippen LogP) is 1.27. The summed E-state index contributed by atoms with van der Waals surface area (Å²) in [5, 5.41) is 4.14. The summed E-state index contributed by atoms with van der Waals surface area (Å²) in [6.07, 6.45) is 6.05. The highest BCUT2D eigenvalue weighted by molar-refractivity contribution is 5.92. The Morgan fingerprint density at radius 3 is 2.67 bits per heavy atom. The molecule has 9 heavy (non-hydrogen) atoms. The Kier molecular flexibility index (Phi) is 0.770. The van der Waals surface area contributed by atoms with Crippen LogP contribution in [-0.2, 0) is 0 Å². The summed E-state index contributed by atoms with van der Waals surface area (Å²) in [6.45, 7) is 2.21. The minimum Gasteiger partial charge on any atom is -0.239 e. The third kappa shape index (κ3) is 0.661. The predicted molar refractivity (Wildman–Crippen MR) is 36.0 cm³/mol. The molecule has 2 aliphatic rings. The third-order valence-corrected chi connectivity index (χ3v) is 2.00. The monoisotopic (exact) mass is 121 g/mol. The zero-order valence-corrected chi connectivity index (χ0v) is 5.46. The highest BCUT2D eigenvalue weighted by Gasteiger charge is 2.43. The van der Waals surface area contributed by atoms with Gasteiger partial charge in [-0.2, -0.15) is 0 Å². The summed E-state index contributed by atoms with van der Waals surface area (Å²) in [5.74, 6) is 1.03. The molecule has 1 aliphatic carbocycles. The molecule has 1 fully saturated rings. The van der Waals surface area contributed by atoms with Gasteiger partial charge >= 0.3 is 0 Å². The molecule has 1 aliphatic heterocycles. The van der Waals surface area contributed by atoms with E-state index in [4.69, 9.17) is 0 Å². The maximum atomic E-state index is 4.14. The molecule has 0 saturated heterocycles. The molecule has 0 amide bonds. The summed E-state index contributed by atoms with van der Waals surface area (Å²) in [6, 6.07) is 0. The van der Waals surface area contributed by atoms with Crippen LogP contribution in [0.15, 0.2) is 17.4 Å². The molecule has 0 unspecified atom stereocenters. The Bertz CT molecular complexity index is 187. The molecule has 0 atom stereocenters. The average Bonchev–Trinajstić information content (AvgIpc) is 2.46. The number of rotatable bonds is 1. The van der Waals surface area contributed by atoms with Gasteiger partial charge in [-0.25, -0.2) is 10.3 Å². The fraction of sp³-hybridized carbons (Fsp3) is 0.571. The van der Waals surface area contributed by atoms with Crippen LogP contribution in [0.5, 0.6) is 0 Å². The Morgan fingerprint density at radius 2 is 2.22 bits per heavy atom. The number of nitrogens with zero attached hydrogens (tertiary/aromatic N) is 2. The molecule has 2 heteroatoms. The van der Waals surface area contributed by atoms with Gasteiger partial charge in [-0.05, 0) is 12.8 Å². The quantitative estimate of drug-likeness (QED) is 0.499. The molecule has 2 nitrogen and oxygen atoms in total. The van der Waals surface area contributed by atoms with Crippen molar-refractivity contribution in [2.45, 2.75) is 19.8 Å². The van der Waals surface area contributed by atoms with E-state index in [1.807, 2.05) is 0 Å². The lowest BCUT2D eigenvalue weighted by atomic mass is 10.1. The first-order valence-corrected chi connectivity index (χ1v) is 3.25. The summed E-state index contributed by atoms with van der Waals surface area (Å²) in [7, 11) is 0. The van der Waals surface area contributed by atoms with Crippen molar-refractivity contribution in [2.24, 2.45) is 10.4 Å². The SMILES string of the molecule is CC1(C2=NC=C[N]2)CC1. The zero-order chi connectivity index (χ0) is 6.32. The minimum absolute atomic E-state index is 0.351. The van der Waals surface area contributed by atoms with Gasteiger partial charge in [0, 0.05) is 17.8 Å². The first-order valence-electron chi connectivity index (χ1n) is 3.25. The van der Waals surface area contributed by atoms with Gasteiger partial charge in [0.2, 0.25) is 0 Å². The molecular formula is C7H9N2. The number of amidine groups is 1. The Labute approximate surface area is 54.7 Å². The van der Waals surface area contributed by atoms with Crippen molar-refractivity contribution in [1.82, 2.24) is 5.32 Å². The van der Waals surface area contributed by atoms with Gasteiger partial charge in [0.05, 0.1) is 0 Å². The van der Waals surface area contributed by atoms with Gasteiger partial charge in [0.15, 0.2) is 0 Å². The van der Waals surface area contributed by atoms with Crippen molar-refractivity contribution in [2.75, 3.05) is 0 Å². The molecule has 1 saturated carbocycles. The number of aliphatic imine (C=N–C) groups is 1. The van der Waals surface area contributed by atoms with Crippen LogP contribution in [0.3, 0.4) is 0 Å². The highest BCUT2D eigenvalue weighted by Crippen LogP contribution is 2.46. The maximum Gasteiger partial charge on any atom is 0.134 e. The molecule has 47 valence electrons. The van der Waals surface area contributed by atoms with Crippen LogP contribution in [0.1, 0.15) is 19.8 Å². The molecule has 0 N–H and O–H groups in total. The van der Waals surface area contributed by atoms with Crippen molar-refractivity contribution in [1.29, 1.82) is 0 Å². The molecule has 1 heterocycles. The van der Waals surface area contributed by atoms with E-state index in [1.165, 1.54) is 12.8 Å². The molecule has 0 bridgehead atoms. The van der Waals surface area contributed by atoms with Crippen molar-refractivity contribution in [3.63, 3.8) is 0 Å². The van der Waals surface area contributed by atoms with E-state index < -0.39 is 0 Å². The second kappa shape index (κ2) is 1.38. The van der Waals surface area contributed by atoms with Gasteiger partial charge in [-0.1, -0.05) is 6.92 Å². The number of hydrogen-bond acceptors (Lipinski definition) is 1. The summed E-state index contributed by atoms with van der Waals surface area (Å²) in [4.78, 5) is 4.14. The summed E-state index contributed by atoms with van der Waals surface area (Å²) in [5.41, 5.74) is 0.351. The van der Waals surface area contributed by atoms with E-state index in [0.29, 0.717) is 5.41 Å². The smallest absolute Gasteiger partial charge is 0.134 e. The molecule has 1 radical (unpaired) electrons. The summed E-state index contributed by atoms with van der Waals surface area (Å²) < 4.78 is 0. The lowest BCUT2D eigenvalue weighted by Gasteiger charge is -2.04. The molecule has 0 aromatic rings. The summed E-state index contributed by atoms with van der Waals surface area (Å²) >= 11 is 0. The lowest BCUT2D eigenvalue weighted by Crippen LogP contribution is -2.17. The molecule has 0 spiro atoms. The zero-order valence-electron chi connectivity index (χ0n) is 5.46. The van der Waals surface area contributed by atoms with E-state index in [-0.39, 0.29) is 0 Å². The third-order valence-electron chi connectivity index (χ3n) is 2.00. The maximum absolute atomic E-state index is 4.14. The first-order chi connectivity index (χ1) is 4.31. The Hall–Kier alpha value is -0.790. The van der Waals surface area contributed by atoms with Crippen molar-refractivity contribution in [3.8, 4) is 0 Å². The largest absolute Gasteiger partial charge is 0.239 e. The van der Waals surface area contributed by atoms with E-state index in [2.05, 4.69) is 17.2 Å². The van der Waals surface area contributed by atoms with Crippen LogP contribution in [0.2, 0.25) is 0 Å². The van der Waals surface area contributed by atoms with Crippen molar-refractivity contribution >= 4 is 5.84 Å². The van der Waals surface area contributed by atoms with Crippen LogP contribution >= 0.6 is 0 Å². The Balaban J connectivity index is 2.16. The standard InChI is InChI=1S/C7H9N2/c1-7(2-3-7)6-8-4-5-9-6/h4-5H,2-3H2,1H3. The molecule has 0 aromatic heterocycles. The normalized spacial score (nSPS) is 27.4. The van der Waals surface area contributed by atoms with Gasteiger partial charge in [0.1, 0.15) is 5.84 Å². The van der Waals surface area contributed by atoms with Crippen LogP contribution in [-0.4, -0.2) is 5.84 Å². The molecular weight excluding hydrogens is 112 g/mol. The van der Waals surface area contributed by atoms with Crippen LogP contribution in [0.25, 0.3) is 0 Å². The Morgan fingerprint density at radius 1 is 1.44 bits per heavy atom. The van der Waals surface area contributed by atoms with Crippen molar-refractivity contribution < 1.29 is 0 Å². The van der Waals surface area contributed by atoms with Crippen LogP contribution < -0.4 is 5.32 Å². The molecule has 2 rings (SSSR count). The lowest BCUT2D eigenvalue weighted by molar-refractivity contribution is 0.777. The number of hydrogen-bond donors (Lipinski definition) is 0. The van der Waals surface area contributed by atoms with Gasteiger partial charge in [-0.3, -0.25) is 0 Å². The van der Waals surface area contributed by atoms with Gasteiger partial charge < -0.3 is 0 Å². The fourth-order valence-corrected chi connectivity index (χ4v) is 0.964. The second-order valence-electron chi connectivity index (χ2n) is 2.94. The first kappa shape index (κ1) is 5.03. The van der Waals surface area contributed by atoms with Crippen LogP contribution in [0.4, 0.5) is 0 Å². The fourth-order valence-electron chi connectivity index (χ4n) is 0.964. The highest BCUT2D eigenvalue weighted by atomic mass is 15.0. The van der Waals surface area contributed by atoms with Crippen LogP contribution in [0, 0.1) is 5.41 Å². The van der Waals surface area contributed by atoms with E-state index in [0.717, 1.165) is 5.84 Å². The van der Waals surface area contributed by atoms with Crippen molar-refractivity contribution in [3.05, 3.63) is 12.4 Å². The topological polar surface area (TPSA) is 26.5 Å². The van der Waals surface area contributed by atoms with E-state index in [9.17, 15) is 0 Å². The van der Waals surface area contributed by atoms with E-state index >= 15 is 0 Å². The average molecular weight is 121 g/mol. The second-order valence-corrected chi connectivity index (χ2v) is 2.94. The van der Waals surface area contributed by atoms with Gasteiger partial charge in [0.25, 0.3) is 0 Å². The molecule has 0 aromatic carbocycles. The van der Waals surface area contributed by atoms with E-state index in [1.54, 1.807) is 12.4 Å². The van der Waals surface area contributed by atoms with Gasteiger partial charge in [-0.15, -0.1) is 0 Å².